The molecule has 1 aromatic rings. The Morgan fingerprint density at radius 1 is 1.27 bits per heavy atom. The second-order valence-corrected chi connectivity index (χ2v) is 7.60. The van der Waals surface area contributed by atoms with Gasteiger partial charge in [-0.3, -0.25) is 19.3 Å². The highest BCUT2D eigenvalue weighted by atomic mass is 16.7. The highest BCUT2D eigenvalue weighted by molar-refractivity contribution is 6.09. The second kappa shape index (κ2) is 8.60. The fourth-order valence-electron chi connectivity index (χ4n) is 3.37. The molecule has 2 heterocycles. The van der Waals surface area contributed by atoms with E-state index in [2.05, 4.69) is 16.0 Å². The molecule has 0 bridgehead atoms. The van der Waals surface area contributed by atoms with Crippen LogP contribution in [0.3, 0.4) is 0 Å². The highest BCUT2D eigenvalue weighted by Crippen LogP contribution is 2.34. The van der Waals surface area contributed by atoms with Crippen LogP contribution in [0.1, 0.15) is 32.8 Å². The minimum Gasteiger partial charge on any atom is -0.454 e. The van der Waals surface area contributed by atoms with E-state index in [0.29, 0.717) is 18.0 Å². The minimum absolute atomic E-state index is 0.142. The first-order valence-corrected chi connectivity index (χ1v) is 9.83. The van der Waals surface area contributed by atoms with Crippen molar-refractivity contribution in [3.63, 3.8) is 0 Å². The van der Waals surface area contributed by atoms with E-state index in [4.69, 9.17) is 9.47 Å². The van der Waals surface area contributed by atoms with Gasteiger partial charge in [-0.25, -0.2) is 4.79 Å². The molecule has 5 amide bonds. The summed E-state index contributed by atoms with van der Waals surface area (Å²) in [5, 5.41) is 7.84. The maximum Gasteiger partial charge on any atom is 0.325 e. The Labute approximate surface area is 174 Å². The van der Waals surface area contributed by atoms with Crippen LogP contribution >= 0.6 is 0 Å². The fraction of sp³-hybridized carbons (Fsp3) is 0.500. The third kappa shape index (κ3) is 4.47. The Morgan fingerprint density at radius 2 is 2.00 bits per heavy atom. The number of ether oxygens (including phenoxy) is 2. The van der Waals surface area contributed by atoms with Crippen LogP contribution in [0.25, 0.3) is 0 Å². The van der Waals surface area contributed by atoms with Crippen LogP contribution in [0.15, 0.2) is 18.2 Å². The number of carbonyl (C=O) groups is 4. The van der Waals surface area contributed by atoms with Gasteiger partial charge in [0, 0.05) is 13.0 Å². The van der Waals surface area contributed by atoms with Gasteiger partial charge in [0.05, 0.1) is 0 Å². The monoisotopic (exact) mass is 418 g/mol. The smallest absolute Gasteiger partial charge is 0.325 e. The number of nitrogens with zero attached hydrogens (tertiary/aromatic N) is 1. The van der Waals surface area contributed by atoms with Crippen molar-refractivity contribution >= 4 is 23.8 Å². The number of imide groups is 1. The first kappa shape index (κ1) is 21.4. The normalized spacial score (nSPS) is 20.7. The summed E-state index contributed by atoms with van der Waals surface area (Å²) >= 11 is 0. The van der Waals surface area contributed by atoms with Crippen molar-refractivity contribution in [2.24, 2.45) is 0 Å². The third-order valence-electron chi connectivity index (χ3n) is 4.96. The van der Waals surface area contributed by atoms with Crippen molar-refractivity contribution in [2.75, 3.05) is 19.9 Å². The van der Waals surface area contributed by atoms with E-state index >= 15 is 0 Å². The lowest BCUT2D eigenvalue weighted by Gasteiger charge is -2.22. The summed E-state index contributed by atoms with van der Waals surface area (Å²) in [5.41, 5.74) is -0.419. The van der Waals surface area contributed by atoms with Gasteiger partial charge in [-0.05, 0) is 38.0 Å². The number of nitrogens with one attached hydrogen (secondary N) is 3. The molecule has 1 aromatic carbocycles. The summed E-state index contributed by atoms with van der Waals surface area (Å²) in [4.78, 5) is 50.3. The first-order chi connectivity index (χ1) is 14.2. The standard InChI is InChI=1S/C20H26N4O6/c1-4-7-21-17(26)12(2)22-16(25)10-24-18(27)20(3,23-19(24)28)9-13-5-6-14-15(8-13)30-11-29-14/h5-6,8,12H,4,7,9-11H2,1-3H3,(H,21,26)(H,22,25)(H,23,28)/t12-,20+/m0/s1. The van der Waals surface area contributed by atoms with E-state index < -0.39 is 36.0 Å². The molecule has 2 aliphatic rings. The van der Waals surface area contributed by atoms with E-state index in [-0.39, 0.29) is 19.1 Å². The Bertz CT molecular complexity index is 873. The van der Waals surface area contributed by atoms with Crippen molar-refractivity contribution in [1.29, 1.82) is 0 Å². The van der Waals surface area contributed by atoms with E-state index in [0.717, 1.165) is 16.9 Å². The van der Waals surface area contributed by atoms with Gasteiger partial charge in [0.15, 0.2) is 11.5 Å². The Balaban J connectivity index is 1.61. The minimum atomic E-state index is -1.20. The number of hydrogen-bond donors (Lipinski definition) is 3. The zero-order valence-electron chi connectivity index (χ0n) is 17.2. The molecule has 3 rings (SSSR count). The van der Waals surface area contributed by atoms with Crippen LogP contribution in [-0.4, -0.2) is 60.1 Å². The van der Waals surface area contributed by atoms with Gasteiger partial charge in [0.1, 0.15) is 18.1 Å². The Hall–Kier alpha value is -3.30. The van der Waals surface area contributed by atoms with Crippen molar-refractivity contribution in [2.45, 2.75) is 45.2 Å². The summed E-state index contributed by atoms with van der Waals surface area (Å²) < 4.78 is 10.6. The van der Waals surface area contributed by atoms with Gasteiger partial charge in [-0.2, -0.15) is 0 Å². The van der Waals surface area contributed by atoms with Crippen LogP contribution in [0.5, 0.6) is 11.5 Å². The Kier molecular flexibility index (Phi) is 6.14. The molecule has 3 N–H and O–H groups in total. The van der Waals surface area contributed by atoms with Crippen molar-refractivity contribution in [3.05, 3.63) is 23.8 Å². The molecule has 10 heteroatoms. The van der Waals surface area contributed by atoms with Crippen LogP contribution in [-0.2, 0) is 20.8 Å². The van der Waals surface area contributed by atoms with Crippen LogP contribution < -0.4 is 25.4 Å². The third-order valence-corrected chi connectivity index (χ3v) is 4.96. The average molecular weight is 418 g/mol. The average Bonchev–Trinajstić information content (AvgIpc) is 3.24. The topological polar surface area (TPSA) is 126 Å². The predicted molar refractivity (Wildman–Crippen MR) is 106 cm³/mol. The molecule has 0 aliphatic carbocycles. The molecule has 2 aliphatic heterocycles. The zero-order valence-corrected chi connectivity index (χ0v) is 17.2. The largest absolute Gasteiger partial charge is 0.454 e. The number of rotatable bonds is 8. The molecule has 0 radical (unpaired) electrons. The van der Waals surface area contributed by atoms with Crippen molar-refractivity contribution in [1.82, 2.24) is 20.9 Å². The van der Waals surface area contributed by atoms with Crippen molar-refractivity contribution in [3.8, 4) is 11.5 Å². The van der Waals surface area contributed by atoms with Gasteiger partial charge in [-0.15, -0.1) is 0 Å². The van der Waals surface area contributed by atoms with Gasteiger partial charge in [-0.1, -0.05) is 13.0 Å². The lowest BCUT2D eigenvalue weighted by atomic mass is 9.92. The summed E-state index contributed by atoms with van der Waals surface area (Å²) in [7, 11) is 0. The molecule has 30 heavy (non-hydrogen) atoms. The maximum absolute atomic E-state index is 12.9. The molecule has 0 spiro atoms. The molecule has 10 nitrogen and oxygen atoms in total. The fourth-order valence-corrected chi connectivity index (χ4v) is 3.37. The summed E-state index contributed by atoms with van der Waals surface area (Å²) in [6.45, 7) is 5.25. The molecule has 0 aromatic heterocycles. The number of amides is 5. The summed E-state index contributed by atoms with van der Waals surface area (Å²) in [5.74, 6) is -0.219. The molecule has 1 saturated heterocycles. The van der Waals surface area contributed by atoms with E-state index in [1.54, 1.807) is 32.0 Å². The number of urea groups is 1. The van der Waals surface area contributed by atoms with Crippen LogP contribution in [0.2, 0.25) is 0 Å². The summed E-state index contributed by atoms with van der Waals surface area (Å²) in [6, 6.07) is 3.88. The first-order valence-electron chi connectivity index (χ1n) is 9.83. The SMILES string of the molecule is CCCNC(=O)[C@H](C)NC(=O)CN1C(=O)N[C@](C)(Cc2ccc3c(c2)OCO3)C1=O. The molecular weight excluding hydrogens is 392 g/mol. The van der Waals surface area contributed by atoms with Crippen LogP contribution in [0.4, 0.5) is 4.79 Å². The predicted octanol–water partition coefficient (Wildman–Crippen LogP) is 0.299. The van der Waals surface area contributed by atoms with Gasteiger partial charge in [0.25, 0.3) is 5.91 Å². The Morgan fingerprint density at radius 3 is 2.73 bits per heavy atom. The van der Waals surface area contributed by atoms with Crippen LogP contribution in [0, 0.1) is 0 Å². The maximum atomic E-state index is 12.9. The number of benzene rings is 1. The molecule has 0 saturated carbocycles. The van der Waals surface area contributed by atoms with E-state index in [9.17, 15) is 19.2 Å². The van der Waals surface area contributed by atoms with Gasteiger partial charge >= 0.3 is 6.03 Å². The lowest BCUT2D eigenvalue weighted by Crippen LogP contribution is -2.50. The van der Waals surface area contributed by atoms with Gasteiger partial charge < -0.3 is 25.4 Å². The number of hydrogen-bond acceptors (Lipinski definition) is 6. The molecule has 1 fully saturated rings. The molecule has 2 atom stereocenters. The van der Waals surface area contributed by atoms with Crippen molar-refractivity contribution < 1.29 is 28.7 Å². The molecule has 162 valence electrons. The number of carbonyl (C=O) groups excluding carboxylic acids is 4. The number of fused-ring (bicyclic) bond motifs is 1. The quantitative estimate of drug-likeness (QED) is 0.522. The zero-order chi connectivity index (χ0) is 21.9. The van der Waals surface area contributed by atoms with E-state index in [1.807, 2.05) is 6.92 Å². The molecular formula is C20H26N4O6. The van der Waals surface area contributed by atoms with Gasteiger partial charge in [0.2, 0.25) is 18.6 Å². The lowest BCUT2D eigenvalue weighted by molar-refractivity contribution is -0.135. The highest BCUT2D eigenvalue weighted by Gasteiger charge is 2.48. The summed E-state index contributed by atoms with van der Waals surface area (Å²) in [6.07, 6.45) is 0.999. The molecule has 0 unspecified atom stereocenters. The van der Waals surface area contributed by atoms with E-state index in [1.165, 1.54) is 0 Å². The second-order valence-electron chi connectivity index (χ2n) is 7.60.